The monoisotopic (exact) mass is 256 g/mol. The second kappa shape index (κ2) is 6.27. The second-order valence-electron chi connectivity index (χ2n) is 4.48. The van der Waals surface area contributed by atoms with Gasteiger partial charge in [0.05, 0.1) is 0 Å². The van der Waals surface area contributed by atoms with Crippen LogP contribution in [-0.4, -0.2) is 21.5 Å². The summed E-state index contributed by atoms with van der Waals surface area (Å²) in [6.45, 7) is 7.26. The van der Waals surface area contributed by atoms with Crippen LogP contribution in [0.2, 0.25) is 0 Å². The molecule has 0 saturated heterocycles. The predicted octanol–water partition coefficient (Wildman–Crippen LogP) is 3.23. The Balaban J connectivity index is 2.44. The fourth-order valence-electron chi connectivity index (χ4n) is 2.04. The van der Waals surface area contributed by atoms with Crippen molar-refractivity contribution in [3.8, 4) is 11.4 Å². The van der Waals surface area contributed by atoms with Crippen molar-refractivity contribution in [2.75, 3.05) is 11.9 Å². The molecule has 4 nitrogen and oxygen atoms in total. The average molecular weight is 256 g/mol. The van der Waals surface area contributed by atoms with Gasteiger partial charge in [0.25, 0.3) is 0 Å². The molecule has 2 aromatic rings. The molecule has 0 fully saturated rings. The maximum Gasteiger partial charge on any atom is 0.161 e. The van der Waals surface area contributed by atoms with E-state index in [1.165, 1.54) is 5.56 Å². The van der Waals surface area contributed by atoms with Crippen molar-refractivity contribution in [1.82, 2.24) is 15.0 Å². The Bertz CT molecular complexity index is 537. The van der Waals surface area contributed by atoms with Gasteiger partial charge >= 0.3 is 0 Å². The maximum absolute atomic E-state index is 4.66. The number of anilines is 1. The van der Waals surface area contributed by atoms with Gasteiger partial charge in [0, 0.05) is 35.8 Å². The summed E-state index contributed by atoms with van der Waals surface area (Å²) < 4.78 is 0. The highest BCUT2D eigenvalue weighted by molar-refractivity contribution is 5.59. The highest BCUT2D eigenvalue weighted by atomic mass is 15.0. The molecular weight excluding hydrogens is 236 g/mol. The third kappa shape index (κ3) is 3.08. The van der Waals surface area contributed by atoms with E-state index >= 15 is 0 Å². The van der Waals surface area contributed by atoms with Crippen LogP contribution in [0.15, 0.2) is 24.5 Å². The van der Waals surface area contributed by atoms with Gasteiger partial charge in [0.15, 0.2) is 5.82 Å². The van der Waals surface area contributed by atoms with Crippen molar-refractivity contribution in [3.05, 3.63) is 35.8 Å². The second-order valence-corrected chi connectivity index (χ2v) is 4.48. The van der Waals surface area contributed by atoms with Gasteiger partial charge < -0.3 is 5.32 Å². The van der Waals surface area contributed by atoms with Gasteiger partial charge in [-0.2, -0.15) is 0 Å². The van der Waals surface area contributed by atoms with Crippen LogP contribution in [0.4, 0.5) is 5.82 Å². The summed E-state index contributed by atoms with van der Waals surface area (Å²) in [6.07, 6.45) is 5.55. The van der Waals surface area contributed by atoms with E-state index in [9.17, 15) is 0 Å². The lowest BCUT2D eigenvalue weighted by atomic mass is 10.1. The quantitative estimate of drug-likeness (QED) is 0.892. The van der Waals surface area contributed by atoms with Crippen LogP contribution in [0.5, 0.6) is 0 Å². The fraction of sp³-hybridized carbons (Fsp3) is 0.400. The van der Waals surface area contributed by atoms with Gasteiger partial charge in [-0.3, -0.25) is 4.98 Å². The SMILES string of the molecule is CCCNc1nc(-c2ccncc2)nc(C)c1CC. The Labute approximate surface area is 114 Å². The lowest BCUT2D eigenvalue weighted by Crippen LogP contribution is -2.09. The fourth-order valence-corrected chi connectivity index (χ4v) is 2.04. The lowest BCUT2D eigenvalue weighted by molar-refractivity contribution is 0.938. The van der Waals surface area contributed by atoms with E-state index < -0.39 is 0 Å². The van der Waals surface area contributed by atoms with E-state index in [4.69, 9.17) is 0 Å². The summed E-state index contributed by atoms with van der Waals surface area (Å²) >= 11 is 0. The highest BCUT2D eigenvalue weighted by Crippen LogP contribution is 2.22. The standard InChI is InChI=1S/C15H20N4/c1-4-8-17-15-13(5-2)11(3)18-14(19-15)12-6-9-16-10-7-12/h6-7,9-10H,4-5,8H2,1-3H3,(H,17,18,19). The Kier molecular flexibility index (Phi) is 4.44. The molecule has 1 N–H and O–H groups in total. The molecule has 2 aromatic heterocycles. The zero-order valence-corrected chi connectivity index (χ0v) is 11.8. The number of nitrogens with zero attached hydrogens (tertiary/aromatic N) is 3. The van der Waals surface area contributed by atoms with E-state index in [-0.39, 0.29) is 0 Å². The summed E-state index contributed by atoms with van der Waals surface area (Å²) in [4.78, 5) is 13.3. The lowest BCUT2D eigenvalue weighted by Gasteiger charge is -2.13. The minimum atomic E-state index is 0.760. The van der Waals surface area contributed by atoms with Crippen molar-refractivity contribution in [1.29, 1.82) is 0 Å². The van der Waals surface area contributed by atoms with E-state index in [0.29, 0.717) is 0 Å². The van der Waals surface area contributed by atoms with Crippen LogP contribution in [0.1, 0.15) is 31.5 Å². The molecule has 0 aliphatic carbocycles. The third-order valence-corrected chi connectivity index (χ3v) is 3.05. The number of hydrogen-bond donors (Lipinski definition) is 1. The molecule has 0 aromatic carbocycles. The van der Waals surface area contributed by atoms with Crippen molar-refractivity contribution >= 4 is 5.82 Å². The predicted molar refractivity (Wildman–Crippen MR) is 78.2 cm³/mol. The zero-order chi connectivity index (χ0) is 13.7. The smallest absolute Gasteiger partial charge is 0.161 e. The Morgan fingerprint density at radius 1 is 1.11 bits per heavy atom. The summed E-state index contributed by atoms with van der Waals surface area (Å²) in [6, 6.07) is 3.87. The topological polar surface area (TPSA) is 50.7 Å². The number of aryl methyl sites for hydroxylation is 1. The average Bonchev–Trinajstić information content (AvgIpc) is 2.45. The molecule has 0 saturated carbocycles. The molecule has 4 heteroatoms. The zero-order valence-electron chi connectivity index (χ0n) is 11.8. The maximum atomic E-state index is 4.66. The molecule has 0 aliphatic rings. The summed E-state index contributed by atoms with van der Waals surface area (Å²) in [5, 5.41) is 3.40. The first kappa shape index (κ1) is 13.5. The molecule has 0 amide bonds. The number of aromatic nitrogens is 3. The van der Waals surface area contributed by atoms with Gasteiger partial charge in [-0.1, -0.05) is 13.8 Å². The van der Waals surface area contributed by atoms with Crippen LogP contribution < -0.4 is 5.32 Å². The molecule has 0 unspecified atom stereocenters. The number of hydrogen-bond acceptors (Lipinski definition) is 4. The van der Waals surface area contributed by atoms with Crippen LogP contribution in [0, 0.1) is 6.92 Å². The van der Waals surface area contributed by atoms with Crippen molar-refractivity contribution in [3.63, 3.8) is 0 Å². The van der Waals surface area contributed by atoms with Crippen LogP contribution in [0.3, 0.4) is 0 Å². The first-order chi connectivity index (χ1) is 9.26. The number of nitrogens with one attached hydrogen (secondary N) is 1. The molecule has 100 valence electrons. The molecule has 2 rings (SSSR count). The van der Waals surface area contributed by atoms with Crippen LogP contribution >= 0.6 is 0 Å². The van der Waals surface area contributed by atoms with Gasteiger partial charge in [0.2, 0.25) is 0 Å². The molecular formula is C15H20N4. The first-order valence-corrected chi connectivity index (χ1v) is 6.78. The van der Waals surface area contributed by atoms with E-state index in [0.717, 1.165) is 42.3 Å². The molecule has 0 spiro atoms. The first-order valence-electron chi connectivity index (χ1n) is 6.78. The van der Waals surface area contributed by atoms with Crippen LogP contribution in [0.25, 0.3) is 11.4 Å². The van der Waals surface area contributed by atoms with E-state index in [2.05, 4.69) is 34.1 Å². The number of rotatable bonds is 5. The molecule has 0 radical (unpaired) electrons. The van der Waals surface area contributed by atoms with Crippen molar-refractivity contribution in [2.24, 2.45) is 0 Å². The normalized spacial score (nSPS) is 10.5. The van der Waals surface area contributed by atoms with Crippen LogP contribution in [-0.2, 0) is 6.42 Å². The minimum absolute atomic E-state index is 0.760. The largest absolute Gasteiger partial charge is 0.370 e. The van der Waals surface area contributed by atoms with Crippen molar-refractivity contribution in [2.45, 2.75) is 33.6 Å². The molecule has 0 bridgehead atoms. The highest BCUT2D eigenvalue weighted by Gasteiger charge is 2.10. The third-order valence-electron chi connectivity index (χ3n) is 3.05. The van der Waals surface area contributed by atoms with E-state index in [1.807, 2.05) is 19.1 Å². The van der Waals surface area contributed by atoms with Gasteiger partial charge in [-0.05, 0) is 31.9 Å². The van der Waals surface area contributed by atoms with Gasteiger partial charge in [0.1, 0.15) is 5.82 Å². The van der Waals surface area contributed by atoms with Crippen molar-refractivity contribution < 1.29 is 0 Å². The Morgan fingerprint density at radius 3 is 2.47 bits per heavy atom. The van der Waals surface area contributed by atoms with Gasteiger partial charge in [-0.25, -0.2) is 9.97 Å². The summed E-state index contributed by atoms with van der Waals surface area (Å²) in [5.74, 6) is 1.72. The summed E-state index contributed by atoms with van der Waals surface area (Å²) in [7, 11) is 0. The molecule has 0 atom stereocenters. The van der Waals surface area contributed by atoms with E-state index in [1.54, 1.807) is 12.4 Å². The Hall–Kier alpha value is -1.97. The molecule has 19 heavy (non-hydrogen) atoms. The summed E-state index contributed by atoms with van der Waals surface area (Å²) in [5.41, 5.74) is 3.24. The molecule has 2 heterocycles. The Morgan fingerprint density at radius 2 is 1.84 bits per heavy atom. The minimum Gasteiger partial charge on any atom is -0.370 e. The molecule has 0 aliphatic heterocycles. The number of pyridine rings is 1. The van der Waals surface area contributed by atoms with Gasteiger partial charge in [-0.15, -0.1) is 0 Å².